The van der Waals surface area contributed by atoms with Crippen LogP contribution in [0.25, 0.3) is 11.1 Å². The van der Waals surface area contributed by atoms with Gasteiger partial charge < -0.3 is 15.5 Å². The molecule has 0 saturated carbocycles. The lowest BCUT2D eigenvalue weighted by Gasteiger charge is -2.25. The Balaban J connectivity index is 1.96. The van der Waals surface area contributed by atoms with Gasteiger partial charge in [0.2, 0.25) is 0 Å². The molecular formula is C14H21N3O2. The minimum Gasteiger partial charge on any atom is -0.408 e. The van der Waals surface area contributed by atoms with Gasteiger partial charge in [0.1, 0.15) is 0 Å². The second-order valence-electron chi connectivity index (χ2n) is 5.44. The number of H-pyrrole nitrogens is 1. The number of hydrogen-bond acceptors (Lipinski definition) is 4. The van der Waals surface area contributed by atoms with Gasteiger partial charge in [0.25, 0.3) is 0 Å². The molecule has 1 aromatic heterocycles. The minimum absolute atomic E-state index is 0.0551. The zero-order chi connectivity index (χ0) is 13.9. The van der Waals surface area contributed by atoms with Crippen molar-refractivity contribution in [1.82, 2.24) is 10.3 Å². The van der Waals surface area contributed by atoms with Gasteiger partial charge in [0.05, 0.1) is 5.52 Å². The first-order valence-electron chi connectivity index (χ1n) is 6.57. The molecule has 0 amide bonds. The molecular weight excluding hydrogens is 242 g/mol. The zero-order valence-corrected chi connectivity index (χ0v) is 11.5. The number of nitrogens with two attached hydrogens (primary N) is 1. The highest BCUT2D eigenvalue weighted by atomic mass is 16.4. The lowest BCUT2D eigenvalue weighted by Crippen LogP contribution is -2.41. The van der Waals surface area contributed by atoms with Gasteiger partial charge in [-0.25, -0.2) is 4.79 Å². The van der Waals surface area contributed by atoms with E-state index in [0.29, 0.717) is 12.1 Å². The molecule has 0 radical (unpaired) electrons. The van der Waals surface area contributed by atoms with Crippen molar-refractivity contribution < 1.29 is 4.42 Å². The Kier molecular flexibility index (Phi) is 4.07. The molecule has 2 aromatic rings. The Bertz CT molecular complexity index is 598. The molecule has 1 heterocycles. The summed E-state index contributed by atoms with van der Waals surface area (Å²) in [6.45, 7) is 5.84. The normalized spacial score (nSPS) is 12.2. The maximum Gasteiger partial charge on any atom is 0.417 e. The van der Waals surface area contributed by atoms with E-state index in [1.54, 1.807) is 0 Å². The summed E-state index contributed by atoms with van der Waals surface area (Å²) >= 11 is 0. The second-order valence-corrected chi connectivity index (χ2v) is 5.44. The van der Waals surface area contributed by atoms with E-state index in [4.69, 9.17) is 10.2 Å². The fourth-order valence-electron chi connectivity index (χ4n) is 2.14. The molecule has 0 saturated heterocycles. The van der Waals surface area contributed by atoms with Crippen molar-refractivity contribution in [3.05, 3.63) is 34.3 Å². The first-order chi connectivity index (χ1) is 9.00. The third-order valence-corrected chi connectivity index (χ3v) is 3.27. The molecule has 5 heteroatoms. The Hall–Kier alpha value is -1.59. The fraction of sp³-hybridized carbons (Fsp3) is 0.500. The number of nitrogens with one attached hydrogen (secondary N) is 2. The molecule has 0 atom stereocenters. The first kappa shape index (κ1) is 13.8. The molecule has 0 aliphatic rings. The number of aromatic nitrogens is 1. The van der Waals surface area contributed by atoms with Gasteiger partial charge in [-0.3, -0.25) is 4.98 Å². The Morgan fingerprint density at radius 2 is 2.21 bits per heavy atom. The Morgan fingerprint density at radius 3 is 2.95 bits per heavy atom. The highest BCUT2D eigenvalue weighted by molar-refractivity contribution is 5.72. The van der Waals surface area contributed by atoms with Crippen LogP contribution in [-0.4, -0.2) is 23.6 Å². The highest BCUT2D eigenvalue weighted by Crippen LogP contribution is 2.13. The molecule has 0 fully saturated rings. The van der Waals surface area contributed by atoms with Crippen molar-refractivity contribution in [2.45, 2.75) is 32.2 Å². The van der Waals surface area contributed by atoms with Crippen molar-refractivity contribution in [3.8, 4) is 0 Å². The predicted octanol–water partition coefficient (Wildman–Crippen LogP) is 1.38. The average Bonchev–Trinajstić information content (AvgIpc) is 2.68. The van der Waals surface area contributed by atoms with E-state index >= 15 is 0 Å². The van der Waals surface area contributed by atoms with Gasteiger partial charge in [-0.15, -0.1) is 0 Å². The van der Waals surface area contributed by atoms with Gasteiger partial charge >= 0.3 is 5.76 Å². The summed E-state index contributed by atoms with van der Waals surface area (Å²) in [5, 5.41) is 3.48. The molecule has 0 aliphatic heterocycles. The largest absolute Gasteiger partial charge is 0.417 e. The summed E-state index contributed by atoms with van der Waals surface area (Å²) < 4.78 is 5.05. The fourth-order valence-corrected chi connectivity index (χ4v) is 2.14. The highest BCUT2D eigenvalue weighted by Gasteiger charge is 2.14. The number of fused-ring (bicyclic) bond motifs is 1. The van der Waals surface area contributed by atoms with Crippen LogP contribution in [0.3, 0.4) is 0 Å². The molecule has 19 heavy (non-hydrogen) atoms. The third-order valence-electron chi connectivity index (χ3n) is 3.27. The summed E-state index contributed by atoms with van der Waals surface area (Å²) in [5.74, 6) is -0.408. The number of aromatic amines is 1. The summed E-state index contributed by atoms with van der Waals surface area (Å²) in [6.07, 6.45) is 1.83. The van der Waals surface area contributed by atoms with Gasteiger partial charge in [-0.2, -0.15) is 0 Å². The van der Waals surface area contributed by atoms with Crippen molar-refractivity contribution in [2.75, 3.05) is 13.1 Å². The van der Waals surface area contributed by atoms with Gasteiger partial charge in [-0.1, -0.05) is 6.07 Å². The summed E-state index contributed by atoms with van der Waals surface area (Å²) in [5.41, 5.74) is 8.13. The quantitative estimate of drug-likeness (QED) is 0.735. The molecule has 0 spiro atoms. The zero-order valence-electron chi connectivity index (χ0n) is 11.5. The van der Waals surface area contributed by atoms with Crippen LogP contribution < -0.4 is 16.8 Å². The third kappa shape index (κ3) is 3.68. The smallest absolute Gasteiger partial charge is 0.408 e. The molecule has 104 valence electrons. The molecule has 1 aromatic carbocycles. The van der Waals surface area contributed by atoms with E-state index in [9.17, 15) is 4.79 Å². The van der Waals surface area contributed by atoms with E-state index < -0.39 is 5.76 Å². The molecule has 2 rings (SSSR count). The average molecular weight is 263 g/mol. The van der Waals surface area contributed by atoms with Crippen LogP contribution in [0, 0.1) is 0 Å². The molecule has 0 aliphatic carbocycles. The van der Waals surface area contributed by atoms with Crippen LogP contribution >= 0.6 is 0 Å². The van der Waals surface area contributed by atoms with Gasteiger partial charge in [0.15, 0.2) is 5.58 Å². The second kappa shape index (κ2) is 5.59. The van der Waals surface area contributed by atoms with Crippen LogP contribution in [0.1, 0.15) is 25.8 Å². The summed E-state index contributed by atoms with van der Waals surface area (Å²) in [6, 6.07) is 5.79. The van der Waals surface area contributed by atoms with Crippen molar-refractivity contribution in [3.63, 3.8) is 0 Å². The Morgan fingerprint density at radius 1 is 1.42 bits per heavy atom. The lowest BCUT2D eigenvalue weighted by molar-refractivity contribution is 0.370. The van der Waals surface area contributed by atoms with E-state index in [-0.39, 0.29) is 5.54 Å². The Labute approximate surface area is 112 Å². The molecule has 0 bridgehead atoms. The van der Waals surface area contributed by atoms with Crippen LogP contribution in [-0.2, 0) is 6.42 Å². The van der Waals surface area contributed by atoms with Crippen LogP contribution in [0.5, 0.6) is 0 Å². The predicted molar refractivity (Wildman–Crippen MR) is 76.3 cm³/mol. The molecule has 0 unspecified atom stereocenters. The van der Waals surface area contributed by atoms with Gasteiger partial charge in [0, 0.05) is 5.54 Å². The van der Waals surface area contributed by atoms with E-state index in [1.807, 2.05) is 18.2 Å². The number of oxazole rings is 1. The number of hydrogen-bond donors (Lipinski definition) is 3. The van der Waals surface area contributed by atoms with Crippen LogP contribution in [0.15, 0.2) is 27.4 Å². The lowest BCUT2D eigenvalue weighted by atomic mass is 10.0. The van der Waals surface area contributed by atoms with Gasteiger partial charge in [-0.05, 0) is 57.5 Å². The standard InChI is InChI=1S/C14H21N3O2/c1-14(2,6-7-15)16-8-5-10-3-4-11-12(9-10)19-13(18)17-11/h3-4,9,16H,5-8,15H2,1-2H3,(H,17,18). The topological polar surface area (TPSA) is 84.0 Å². The monoisotopic (exact) mass is 263 g/mol. The van der Waals surface area contributed by atoms with Crippen molar-refractivity contribution in [2.24, 2.45) is 5.73 Å². The van der Waals surface area contributed by atoms with Crippen LogP contribution in [0.2, 0.25) is 0 Å². The molecule has 5 nitrogen and oxygen atoms in total. The van der Waals surface area contributed by atoms with E-state index in [0.717, 1.165) is 30.5 Å². The van der Waals surface area contributed by atoms with E-state index in [2.05, 4.69) is 24.1 Å². The number of benzene rings is 1. The number of rotatable bonds is 6. The maximum absolute atomic E-state index is 11.1. The first-order valence-corrected chi connectivity index (χ1v) is 6.57. The van der Waals surface area contributed by atoms with Crippen molar-refractivity contribution in [1.29, 1.82) is 0 Å². The van der Waals surface area contributed by atoms with E-state index in [1.165, 1.54) is 0 Å². The summed E-state index contributed by atoms with van der Waals surface area (Å²) in [7, 11) is 0. The SMILES string of the molecule is CC(C)(CCN)NCCc1ccc2[nH]c(=O)oc2c1. The minimum atomic E-state index is -0.408. The molecule has 4 N–H and O–H groups in total. The summed E-state index contributed by atoms with van der Waals surface area (Å²) in [4.78, 5) is 13.7. The van der Waals surface area contributed by atoms with Crippen LogP contribution in [0.4, 0.5) is 0 Å². The van der Waals surface area contributed by atoms with Crippen molar-refractivity contribution >= 4 is 11.1 Å². The maximum atomic E-state index is 11.1.